The molecule has 12 heteroatoms. The lowest BCUT2D eigenvalue weighted by atomic mass is 10.1. The van der Waals surface area contributed by atoms with Crippen molar-refractivity contribution in [3.63, 3.8) is 0 Å². The monoisotopic (exact) mass is 322 g/mol. The average molecular weight is 322 g/mol. The number of hydrogen-bond donors (Lipinski definition) is 3. The molecule has 0 aliphatic carbocycles. The lowest BCUT2D eigenvalue weighted by Crippen LogP contribution is -2.35. The van der Waals surface area contributed by atoms with Crippen LogP contribution in [0, 0.1) is 0 Å². The van der Waals surface area contributed by atoms with E-state index in [1.807, 2.05) is 0 Å². The van der Waals surface area contributed by atoms with Gasteiger partial charge in [-0.1, -0.05) is 0 Å². The molecule has 19 heavy (non-hydrogen) atoms. The second kappa shape index (κ2) is 6.90. The number of ether oxygens (including phenoxy) is 2. The van der Waals surface area contributed by atoms with E-state index in [1.54, 1.807) is 0 Å². The summed E-state index contributed by atoms with van der Waals surface area (Å²) in [5.41, 5.74) is 0. The van der Waals surface area contributed by atoms with Gasteiger partial charge in [0, 0.05) is 0 Å². The van der Waals surface area contributed by atoms with E-state index >= 15 is 0 Å². The molecule has 0 aromatic rings. The molecule has 2 N–H and O–H groups in total. The molecular weight excluding hydrogens is 308 g/mol. The Bertz CT molecular complexity index is 448. The lowest BCUT2D eigenvalue weighted by Gasteiger charge is -2.13. The molecule has 4 atom stereocenters. The fourth-order valence-corrected chi connectivity index (χ4v) is 1.85. The Morgan fingerprint density at radius 1 is 1.26 bits per heavy atom. The fourth-order valence-electron chi connectivity index (χ4n) is 1.32. The van der Waals surface area contributed by atoms with Crippen LogP contribution in [-0.2, 0) is 38.9 Å². The van der Waals surface area contributed by atoms with Gasteiger partial charge in [0.1, 0.15) is 18.3 Å². The van der Waals surface area contributed by atoms with Crippen LogP contribution in [0.15, 0.2) is 0 Å². The molecular formula is C7H14O10S2. The molecule has 0 aromatic heterocycles. The largest absolute Gasteiger partial charge is 0.387 e. The Kier molecular flexibility index (Phi) is 6.07. The predicted octanol–water partition coefficient (Wildman–Crippen LogP) is -3.07. The Morgan fingerprint density at radius 2 is 1.89 bits per heavy atom. The van der Waals surface area contributed by atoms with E-state index in [0.29, 0.717) is 0 Å². The van der Waals surface area contributed by atoms with E-state index in [-0.39, 0.29) is 0 Å². The predicted molar refractivity (Wildman–Crippen MR) is 58.8 cm³/mol. The first kappa shape index (κ1) is 16.7. The summed E-state index contributed by atoms with van der Waals surface area (Å²) in [6.45, 7) is -1.21. The van der Waals surface area contributed by atoms with Gasteiger partial charge in [-0.05, 0) is 0 Å². The first-order valence-electron chi connectivity index (χ1n) is 4.95. The number of aliphatic hydroxyl groups is 2. The lowest BCUT2D eigenvalue weighted by molar-refractivity contribution is -0.194. The van der Waals surface area contributed by atoms with Crippen LogP contribution in [-0.4, -0.2) is 71.3 Å². The van der Waals surface area contributed by atoms with E-state index < -0.39 is 59.1 Å². The van der Waals surface area contributed by atoms with Gasteiger partial charge in [-0.25, -0.2) is 12.6 Å². The molecule has 0 spiro atoms. The Balaban J connectivity index is 2.46. The van der Waals surface area contributed by atoms with Crippen molar-refractivity contribution < 1.29 is 44.9 Å². The van der Waals surface area contributed by atoms with Crippen LogP contribution >= 0.6 is 0 Å². The minimum absolute atomic E-state index is 0.506. The van der Waals surface area contributed by atoms with E-state index in [1.165, 1.54) is 0 Å². The minimum Gasteiger partial charge on any atom is -0.387 e. The van der Waals surface area contributed by atoms with Crippen molar-refractivity contribution in [2.75, 3.05) is 19.7 Å². The summed E-state index contributed by atoms with van der Waals surface area (Å²) in [4.78, 5) is 0. The molecule has 114 valence electrons. The van der Waals surface area contributed by atoms with Gasteiger partial charge in [-0.15, -0.1) is 0 Å². The van der Waals surface area contributed by atoms with Crippen LogP contribution in [0.5, 0.6) is 0 Å². The third-order valence-electron chi connectivity index (χ3n) is 2.16. The van der Waals surface area contributed by atoms with Crippen molar-refractivity contribution in [3.05, 3.63) is 0 Å². The van der Waals surface area contributed by atoms with E-state index in [2.05, 4.69) is 8.37 Å². The van der Waals surface area contributed by atoms with Crippen molar-refractivity contribution in [1.29, 1.82) is 0 Å². The van der Waals surface area contributed by atoms with Crippen LogP contribution in [0.3, 0.4) is 0 Å². The van der Waals surface area contributed by atoms with Crippen LogP contribution < -0.4 is 0 Å². The molecule has 0 aromatic carbocycles. The highest BCUT2D eigenvalue weighted by Gasteiger charge is 2.44. The molecule has 0 bridgehead atoms. The van der Waals surface area contributed by atoms with Gasteiger partial charge in [-0.2, -0.15) is 8.42 Å². The SMILES string of the molecule is CS(=O)(=O)OC[C@H]1OC(OCO[SH](=O)=O)[C@H](O)[C@@H]1O. The normalized spacial score (nSPS) is 32.0. The van der Waals surface area contributed by atoms with Gasteiger partial charge in [0.2, 0.25) is 0 Å². The second-order valence-electron chi connectivity index (χ2n) is 3.65. The van der Waals surface area contributed by atoms with Crippen molar-refractivity contribution in [1.82, 2.24) is 0 Å². The molecule has 10 nitrogen and oxygen atoms in total. The summed E-state index contributed by atoms with van der Waals surface area (Å²) in [6, 6.07) is 0. The van der Waals surface area contributed by atoms with Gasteiger partial charge in [0.15, 0.2) is 13.1 Å². The number of hydrogen-bond acceptors (Lipinski definition) is 10. The molecule has 1 aliphatic heterocycles. The Hall–Kier alpha value is -0.340. The Morgan fingerprint density at radius 3 is 2.42 bits per heavy atom. The van der Waals surface area contributed by atoms with Crippen LogP contribution in [0.1, 0.15) is 0 Å². The summed E-state index contributed by atoms with van der Waals surface area (Å²) in [6.07, 6.45) is -4.58. The van der Waals surface area contributed by atoms with Crippen molar-refractivity contribution in [2.45, 2.75) is 24.6 Å². The van der Waals surface area contributed by atoms with Gasteiger partial charge in [0.05, 0.1) is 12.9 Å². The standard InChI is InChI=1S/C7H14O10S2/c1-19(12,13)16-2-4-5(8)6(9)7(17-4)14-3-15-18(10)11/h4-9,18H,2-3H2,1H3/t4-,5-,6-,7?/m1/s1. The quantitative estimate of drug-likeness (QED) is 0.250. The van der Waals surface area contributed by atoms with E-state index in [9.17, 15) is 27.0 Å². The molecule has 1 unspecified atom stereocenters. The zero-order chi connectivity index (χ0) is 14.6. The van der Waals surface area contributed by atoms with E-state index in [0.717, 1.165) is 6.26 Å². The highest BCUT2D eigenvalue weighted by Crippen LogP contribution is 2.22. The van der Waals surface area contributed by atoms with Crippen molar-refractivity contribution in [2.24, 2.45) is 0 Å². The second-order valence-corrected chi connectivity index (χ2v) is 6.00. The molecule has 1 saturated heterocycles. The molecule has 0 saturated carbocycles. The number of aliphatic hydroxyl groups excluding tert-OH is 2. The van der Waals surface area contributed by atoms with Crippen molar-refractivity contribution >= 4 is 21.1 Å². The van der Waals surface area contributed by atoms with Crippen LogP contribution in [0.2, 0.25) is 0 Å². The molecule has 1 fully saturated rings. The minimum atomic E-state index is -3.72. The number of thiol groups is 1. The molecule has 0 radical (unpaired) electrons. The molecule has 1 heterocycles. The van der Waals surface area contributed by atoms with Crippen molar-refractivity contribution in [3.8, 4) is 0 Å². The third kappa shape index (κ3) is 5.66. The van der Waals surface area contributed by atoms with Gasteiger partial charge < -0.3 is 19.7 Å². The zero-order valence-electron chi connectivity index (χ0n) is 9.74. The van der Waals surface area contributed by atoms with Crippen LogP contribution in [0.4, 0.5) is 0 Å². The summed E-state index contributed by atoms with van der Waals surface area (Å²) in [5.74, 6) is 0. The maximum atomic E-state index is 10.8. The third-order valence-corrected chi connectivity index (χ3v) is 3.04. The van der Waals surface area contributed by atoms with Gasteiger partial charge >= 0.3 is 0 Å². The summed E-state index contributed by atoms with van der Waals surface area (Å²) < 4.78 is 59.9. The summed E-state index contributed by atoms with van der Waals surface area (Å²) in [5, 5.41) is 19.1. The fraction of sp³-hybridized carbons (Fsp3) is 1.00. The summed E-state index contributed by atoms with van der Waals surface area (Å²) in [7, 11) is -6.82. The molecule has 1 rings (SSSR count). The average Bonchev–Trinajstić information content (AvgIpc) is 2.53. The smallest absolute Gasteiger partial charge is 0.264 e. The van der Waals surface area contributed by atoms with Gasteiger partial charge in [0.25, 0.3) is 21.1 Å². The molecule has 0 amide bonds. The highest BCUT2D eigenvalue weighted by molar-refractivity contribution is 7.85. The zero-order valence-corrected chi connectivity index (χ0v) is 11.5. The highest BCUT2D eigenvalue weighted by atomic mass is 32.2. The topological polar surface area (TPSA) is 146 Å². The summed E-state index contributed by atoms with van der Waals surface area (Å²) >= 11 is 0. The van der Waals surface area contributed by atoms with Crippen LogP contribution in [0.25, 0.3) is 0 Å². The number of rotatable bonds is 7. The first-order valence-corrected chi connectivity index (χ1v) is 7.87. The Labute approximate surface area is 111 Å². The van der Waals surface area contributed by atoms with E-state index in [4.69, 9.17) is 9.47 Å². The maximum absolute atomic E-state index is 10.8. The maximum Gasteiger partial charge on any atom is 0.264 e. The van der Waals surface area contributed by atoms with Gasteiger partial charge in [-0.3, -0.25) is 4.18 Å². The molecule has 1 aliphatic rings. The first-order chi connectivity index (χ1) is 8.70.